The van der Waals surface area contributed by atoms with Gasteiger partial charge >= 0.3 is 0 Å². The first-order valence-corrected chi connectivity index (χ1v) is 7.65. The third-order valence-electron chi connectivity index (χ3n) is 4.13. The fraction of sp³-hybridized carbons (Fsp3) is 0.600. The van der Waals surface area contributed by atoms with Crippen LogP contribution in [0.4, 0.5) is 0 Å². The smallest absolute Gasteiger partial charge is 0.0247 e. The van der Waals surface area contributed by atoms with E-state index in [1.54, 1.807) is 0 Å². The van der Waals surface area contributed by atoms with E-state index in [0.29, 0.717) is 6.04 Å². The minimum atomic E-state index is 0.527. The molecule has 1 aliphatic rings. The van der Waals surface area contributed by atoms with E-state index in [9.17, 15) is 0 Å². The average Bonchev–Trinajstić information content (AvgIpc) is 2.87. The van der Waals surface area contributed by atoms with Crippen molar-refractivity contribution in [2.24, 2.45) is 11.7 Å². The maximum Gasteiger partial charge on any atom is 0.0247 e. The molecule has 0 radical (unpaired) electrons. The fourth-order valence-corrected chi connectivity index (χ4v) is 3.50. The van der Waals surface area contributed by atoms with Crippen molar-refractivity contribution in [3.8, 4) is 0 Å². The van der Waals surface area contributed by atoms with Crippen LogP contribution in [0.2, 0.25) is 0 Å². The fourth-order valence-electron chi connectivity index (χ4n) is 3.09. The van der Waals surface area contributed by atoms with Crippen LogP contribution >= 0.6 is 15.9 Å². The maximum absolute atomic E-state index is 5.99. The first-order chi connectivity index (χ1) is 8.72. The summed E-state index contributed by atoms with van der Waals surface area (Å²) in [5, 5.41) is 0. The molecule has 1 aromatic rings. The highest BCUT2D eigenvalue weighted by molar-refractivity contribution is 9.10. The van der Waals surface area contributed by atoms with E-state index in [4.69, 9.17) is 5.73 Å². The number of hydrogen-bond donors (Lipinski definition) is 1. The van der Waals surface area contributed by atoms with Crippen molar-refractivity contribution in [1.29, 1.82) is 0 Å². The Labute approximate surface area is 119 Å². The maximum atomic E-state index is 5.99. The monoisotopic (exact) mass is 310 g/mol. The summed E-state index contributed by atoms with van der Waals surface area (Å²) in [5.74, 6) is 0.794. The van der Waals surface area contributed by atoms with E-state index in [1.807, 2.05) is 0 Å². The Hall–Kier alpha value is -0.380. The van der Waals surface area contributed by atoms with Crippen LogP contribution in [-0.2, 0) is 6.54 Å². The molecular weight excluding hydrogens is 288 g/mol. The van der Waals surface area contributed by atoms with Gasteiger partial charge in [-0.1, -0.05) is 47.0 Å². The number of halogens is 1. The standard InChI is InChI=1S/C15H23BrN2/c1-18(11-13-8-4-5-9-14(13)16)15(10-17)12-6-2-3-7-12/h4-5,8-9,12,15H,2-3,6-7,10-11,17H2,1H3. The normalized spacial score (nSPS) is 18.4. The molecule has 0 amide bonds. The van der Waals surface area contributed by atoms with Gasteiger partial charge in [0.25, 0.3) is 0 Å². The van der Waals surface area contributed by atoms with Gasteiger partial charge < -0.3 is 5.73 Å². The predicted molar refractivity (Wildman–Crippen MR) is 80.4 cm³/mol. The molecule has 1 unspecified atom stereocenters. The van der Waals surface area contributed by atoms with Crippen LogP contribution in [-0.4, -0.2) is 24.5 Å². The van der Waals surface area contributed by atoms with Gasteiger partial charge in [0.15, 0.2) is 0 Å². The third kappa shape index (κ3) is 3.34. The number of nitrogens with zero attached hydrogens (tertiary/aromatic N) is 1. The van der Waals surface area contributed by atoms with Crippen molar-refractivity contribution in [1.82, 2.24) is 4.90 Å². The highest BCUT2D eigenvalue weighted by Gasteiger charge is 2.27. The molecule has 1 fully saturated rings. The number of hydrogen-bond acceptors (Lipinski definition) is 2. The van der Waals surface area contributed by atoms with Crippen LogP contribution in [0.3, 0.4) is 0 Å². The summed E-state index contributed by atoms with van der Waals surface area (Å²) in [6.45, 7) is 1.74. The zero-order valence-corrected chi connectivity index (χ0v) is 12.7. The molecule has 2 N–H and O–H groups in total. The van der Waals surface area contributed by atoms with Gasteiger partial charge in [-0.25, -0.2) is 0 Å². The lowest BCUT2D eigenvalue weighted by Gasteiger charge is -2.32. The summed E-state index contributed by atoms with van der Waals surface area (Å²) < 4.78 is 1.19. The molecule has 0 heterocycles. The first kappa shape index (κ1) is 14.0. The van der Waals surface area contributed by atoms with E-state index >= 15 is 0 Å². The molecular formula is C15H23BrN2. The van der Waals surface area contributed by atoms with Crippen molar-refractivity contribution < 1.29 is 0 Å². The Bertz CT molecular complexity index is 375. The Morgan fingerprint density at radius 1 is 1.33 bits per heavy atom. The van der Waals surface area contributed by atoms with Gasteiger partial charge in [0.05, 0.1) is 0 Å². The topological polar surface area (TPSA) is 29.3 Å². The molecule has 0 bridgehead atoms. The lowest BCUT2D eigenvalue weighted by Crippen LogP contribution is -2.42. The largest absolute Gasteiger partial charge is 0.329 e. The van der Waals surface area contributed by atoms with Gasteiger partial charge in [0, 0.05) is 23.6 Å². The van der Waals surface area contributed by atoms with Crippen molar-refractivity contribution in [3.63, 3.8) is 0 Å². The van der Waals surface area contributed by atoms with E-state index in [0.717, 1.165) is 19.0 Å². The summed E-state index contributed by atoms with van der Waals surface area (Å²) in [4.78, 5) is 2.43. The second-order valence-corrected chi connectivity index (χ2v) is 6.21. The Morgan fingerprint density at radius 2 is 2.00 bits per heavy atom. The summed E-state index contributed by atoms with van der Waals surface area (Å²) in [6, 6.07) is 8.98. The predicted octanol–water partition coefficient (Wildman–Crippen LogP) is 3.40. The van der Waals surface area contributed by atoms with Crippen LogP contribution in [0.5, 0.6) is 0 Å². The second-order valence-electron chi connectivity index (χ2n) is 5.35. The Morgan fingerprint density at radius 3 is 2.61 bits per heavy atom. The minimum Gasteiger partial charge on any atom is -0.329 e. The summed E-state index contributed by atoms with van der Waals surface area (Å²) in [7, 11) is 2.20. The van der Waals surface area contributed by atoms with Gasteiger partial charge in [-0.15, -0.1) is 0 Å². The molecule has 1 atom stereocenters. The minimum absolute atomic E-state index is 0.527. The van der Waals surface area contributed by atoms with E-state index in [2.05, 4.69) is 52.1 Å². The van der Waals surface area contributed by atoms with Crippen molar-refractivity contribution >= 4 is 15.9 Å². The zero-order chi connectivity index (χ0) is 13.0. The van der Waals surface area contributed by atoms with E-state index in [1.165, 1.54) is 35.7 Å². The van der Waals surface area contributed by atoms with Crippen molar-refractivity contribution in [3.05, 3.63) is 34.3 Å². The molecule has 0 aliphatic heterocycles. The summed E-state index contributed by atoms with van der Waals surface area (Å²) >= 11 is 3.62. The molecule has 0 spiro atoms. The molecule has 100 valence electrons. The SMILES string of the molecule is CN(Cc1ccccc1Br)C(CN)C1CCCC1. The van der Waals surface area contributed by atoms with Gasteiger partial charge in [-0.3, -0.25) is 4.90 Å². The van der Waals surface area contributed by atoms with Crippen LogP contribution in [0, 0.1) is 5.92 Å². The van der Waals surface area contributed by atoms with Crippen LogP contribution < -0.4 is 5.73 Å². The highest BCUT2D eigenvalue weighted by atomic mass is 79.9. The third-order valence-corrected chi connectivity index (χ3v) is 4.90. The van der Waals surface area contributed by atoms with Crippen LogP contribution in [0.1, 0.15) is 31.2 Å². The van der Waals surface area contributed by atoms with Crippen molar-refractivity contribution in [2.75, 3.05) is 13.6 Å². The van der Waals surface area contributed by atoms with Crippen LogP contribution in [0.15, 0.2) is 28.7 Å². The molecule has 0 aromatic heterocycles. The zero-order valence-electron chi connectivity index (χ0n) is 11.1. The molecule has 18 heavy (non-hydrogen) atoms. The molecule has 2 nitrogen and oxygen atoms in total. The highest BCUT2D eigenvalue weighted by Crippen LogP contribution is 2.30. The second kappa shape index (κ2) is 6.69. The Kier molecular flexibility index (Phi) is 5.22. The van der Waals surface area contributed by atoms with Gasteiger partial charge in [-0.05, 0) is 37.4 Å². The van der Waals surface area contributed by atoms with Crippen LogP contribution in [0.25, 0.3) is 0 Å². The Balaban J connectivity index is 2.01. The van der Waals surface area contributed by atoms with Gasteiger partial charge in [0.1, 0.15) is 0 Å². The molecule has 1 aromatic carbocycles. The number of nitrogens with two attached hydrogens (primary N) is 1. The number of likely N-dealkylation sites (N-methyl/N-ethyl adjacent to an activating group) is 1. The van der Waals surface area contributed by atoms with E-state index < -0.39 is 0 Å². The summed E-state index contributed by atoms with van der Waals surface area (Å²) in [6.07, 6.45) is 5.46. The molecule has 1 saturated carbocycles. The lowest BCUT2D eigenvalue weighted by molar-refractivity contribution is 0.174. The average molecular weight is 311 g/mol. The molecule has 2 rings (SSSR count). The number of rotatable bonds is 5. The first-order valence-electron chi connectivity index (χ1n) is 6.86. The molecule has 0 saturated heterocycles. The molecule has 3 heteroatoms. The van der Waals surface area contributed by atoms with Gasteiger partial charge in [0.2, 0.25) is 0 Å². The van der Waals surface area contributed by atoms with E-state index in [-0.39, 0.29) is 0 Å². The summed E-state index contributed by atoms with van der Waals surface area (Å²) in [5.41, 5.74) is 7.34. The molecule has 1 aliphatic carbocycles. The lowest BCUT2D eigenvalue weighted by atomic mass is 9.96. The van der Waals surface area contributed by atoms with Gasteiger partial charge in [-0.2, -0.15) is 0 Å². The number of benzene rings is 1. The van der Waals surface area contributed by atoms with Crippen molar-refractivity contribution in [2.45, 2.75) is 38.3 Å². The quantitative estimate of drug-likeness (QED) is 0.903.